The highest BCUT2D eigenvalue weighted by Gasteiger charge is 2.31. The van der Waals surface area contributed by atoms with Gasteiger partial charge in [0.05, 0.1) is 35.4 Å². The van der Waals surface area contributed by atoms with E-state index in [2.05, 4.69) is 5.32 Å². The summed E-state index contributed by atoms with van der Waals surface area (Å²) >= 11 is 6.18. The summed E-state index contributed by atoms with van der Waals surface area (Å²) in [6.45, 7) is 0.174. The maximum Gasteiger partial charge on any atom is 0.264 e. The molecule has 0 aromatic heterocycles. The number of benzene rings is 3. The lowest BCUT2D eigenvalue weighted by Gasteiger charge is -2.26. The van der Waals surface area contributed by atoms with E-state index < -0.39 is 32.5 Å². The molecular formula is C26H28ClN3O7S2. The van der Waals surface area contributed by atoms with Crippen LogP contribution in [0.15, 0.2) is 76.5 Å². The largest absolute Gasteiger partial charge is 0.495 e. The van der Waals surface area contributed by atoms with Gasteiger partial charge in [0.25, 0.3) is 10.0 Å². The molecule has 1 fully saturated rings. The fourth-order valence-electron chi connectivity index (χ4n) is 4.22. The third-order valence-electron chi connectivity index (χ3n) is 6.18. The van der Waals surface area contributed by atoms with Gasteiger partial charge in [-0.1, -0.05) is 29.8 Å². The molecule has 39 heavy (non-hydrogen) atoms. The molecule has 0 saturated carbocycles. The van der Waals surface area contributed by atoms with Gasteiger partial charge in [0.2, 0.25) is 15.9 Å². The predicted octanol–water partition coefficient (Wildman–Crippen LogP) is 3.98. The van der Waals surface area contributed by atoms with E-state index in [1.165, 1.54) is 67.1 Å². The summed E-state index contributed by atoms with van der Waals surface area (Å²) in [7, 11) is -5.27. The quantitative estimate of drug-likeness (QED) is 0.377. The van der Waals surface area contributed by atoms with Gasteiger partial charge in [-0.3, -0.25) is 9.10 Å². The second-order valence-electron chi connectivity index (χ2n) is 8.66. The smallest absolute Gasteiger partial charge is 0.264 e. The lowest BCUT2D eigenvalue weighted by molar-refractivity contribution is -0.114. The average molecular weight is 594 g/mol. The number of amides is 1. The van der Waals surface area contributed by atoms with E-state index in [9.17, 15) is 21.6 Å². The van der Waals surface area contributed by atoms with Gasteiger partial charge in [-0.15, -0.1) is 0 Å². The monoisotopic (exact) mass is 593 g/mol. The third kappa shape index (κ3) is 6.14. The first-order valence-electron chi connectivity index (χ1n) is 12.0. The fourth-order valence-corrected chi connectivity index (χ4v) is 7.37. The normalized spacial score (nSPS) is 14.1. The topological polar surface area (TPSA) is 122 Å². The van der Waals surface area contributed by atoms with Crippen molar-refractivity contribution in [1.29, 1.82) is 0 Å². The summed E-state index contributed by atoms with van der Waals surface area (Å²) in [5.41, 5.74) is 0.138. The first kappa shape index (κ1) is 28.7. The Hall–Kier alpha value is -3.32. The number of ether oxygens (including phenoxy) is 2. The number of hydrogen-bond donors (Lipinski definition) is 1. The SMILES string of the molecule is COc1ccc(S(=O)(=O)N2CCCC2)cc1NC(=O)CN(c1cc(Cl)ccc1OC)S(=O)(=O)c1ccccc1. The number of rotatable bonds is 10. The van der Waals surface area contributed by atoms with Crippen LogP contribution in [0.5, 0.6) is 11.5 Å². The van der Waals surface area contributed by atoms with Crippen LogP contribution < -0.4 is 19.1 Å². The molecule has 3 aromatic rings. The Morgan fingerprint density at radius 1 is 0.897 bits per heavy atom. The van der Waals surface area contributed by atoms with Gasteiger partial charge in [-0.25, -0.2) is 16.8 Å². The molecule has 1 aliphatic heterocycles. The molecule has 208 valence electrons. The van der Waals surface area contributed by atoms with E-state index in [-0.39, 0.29) is 37.7 Å². The Labute approximate surface area is 233 Å². The number of carbonyl (C=O) groups is 1. The van der Waals surface area contributed by atoms with E-state index >= 15 is 0 Å². The van der Waals surface area contributed by atoms with Crippen LogP contribution >= 0.6 is 11.6 Å². The van der Waals surface area contributed by atoms with Crippen LogP contribution in [0.2, 0.25) is 5.02 Å². The summed E-state index contributed by atoms with van der Waals surface area (Å²) in [6, 6.07) is 16.2. The minimum atomic E-state index is -4.25. The molecule has 1 heterocycles. The summed E-state index contributed by atoms with van der Waals surface area (Å²) in [5, 5.41) is 2.85. The van der Waals surface area contributed by atoms with E-state index in [1.807, 2.05) is 0 Å². The summed E-state index contributed by atoms with van der Waals surface area (Å²) in [4.78, 5) is 13.3. The summed E-state index contributed by atoms with van der Waals surface area (Å²) < 4.78 is 66.5. The van der Waals surface area contributed by atoms with Gasteiger partial charge in [0, 0.05) is 18.1 Å². The Kier molecular flexibility index (Phi) is 8.70. The molecule has 1 amide bonds. The number of anilines is 2. The molecule has 1 aliphatic rings. The minimum absolute atomic E-state index is 0.00854. The van der Waals surface area contributed by atoms with E-state index in [4.69, 9.17) is 21.1 Å². The van der Waals surface area contributed by atoms with Crippen LogP contribution in [0.4, 0.5) is 11.4 Å². The zero-order valence-electron chi connectivity index (χ0n) is 21.3. The standard InChI is InChI=1S/C26H28ClN3O7S2/c1-36-24-13-11-21(38(32,33)29-14-6-7-15-29)17-22(24)28-26(31)18-30(23-16-19(27)10-12-25(23)37-2)39(34,35)20-8-4-3-5-9-20/h3-5,8-13,16-17H,6-7,14-15,18H2,1-2H3,(H,28,31). The van der Waals surface area contributed by atoms with E-state index in [1.54, 1.807) is 18.2 Å². The molecule has 0 radical (unpaired) electrons. The zero-order chi connectivity index (χ0) is 28.2. The lowest BCUT2D eigenvalue weighted by atomic mass is 10.2. The Bertz CT molecular complexity index is 1560. The Morgan fingerprint density at radius 2 is 1.54 bits per heavy atom. The van der Waals surface area contributed by atoms with Crippen LogP contribution in [-0.4, -0.2) is 60.9 Å². The second kappa shape index (κ2) is 11.8. The molecule has 0 aliphatic carbocycles. The second-order valence-corrected chi connectivity index (χ2v) is 12.9. The number of nitrogens with zero attached hydrogens (tertiary/aromatic N) is 2. The molecule has 13 heteroatoms. The van der Waals surface area contributed by atoms with Crippen molar-refractivity contribution in [3.63, 3.8) is 0 Å². The van der Waals surface area contributed by atoms with Crippen LogP contribution in [0.25, 0.3) is 0 Å². The number of sulfonamides is 2. The Morgan fingerprint density at radius 3 is 2.18 bits per heavy atom. The molecule has 0 bridgehead atoms. The molecule has 10 nitrogen and oxygen atoms in total. The van der Waals surface area contributed by atoms with Gasteiger partial charge >= 0.3 is 0 Å². The third-order valence-corrected chi connectivity index (χ3v) is 10.1. The van der Waals surface area contributed by atoms with Crippen molar-refractivity contribution in [2.75, 3.05) is 43.5 Å². The first-order valence-corrected chi connectivity index (χ1v) is 15.2. The zero-order valence-corrected chi connectivity index (χ0v) is 23.7. The van der Waals surface area contributed by atoms with Gasteiger partial charge in [-0.2, -0.15) is 4.31 Å². The van der Waals surface area contributed by atoms with Crippen molar-refractivity contribution in [3.05, 3.63) is 71.8 Å². The van der Waals surface area contributed by atoms with Crippen LogP contribution in [0.3, 0.4) is 0 Å². The summed E-state index contributed by atoms with van der Waals surface area (Å²) in [5.74, 6) is -0.352. The molecular weight excluding hydrogens is 566 g/mol. The van der Waals surface area contributed by atoms with Crippen molar-refractivity contribution >= 4 is 48.9 Å². The number of nitrogens with one attached hydrogen (secondary N) is 1. The van der Waals surface area contributed by atoms with Crippen LogP contribution in [0.1, 0.15) is 12.8 Å². The highest BCUT2D eigenvalue weighted by atomic mass is 35.5. The van der Waals surface area contributed by atoms with Gasteiger partial charge in [0.15, 0.2) is 0 Å². The van der Waals surface area contributed by atoms with Crippen molar-refractivity contribution in [1.82, 2.24) is 4.31 Å². The molecule has 1 N–H and O–H groups in total. The molecule has 3 aromatic carbocycles. The van der Waals surface area contributed by atoms with Crippen molar-refractivity contribution < 1.29 is 31.1 Å². The van der Waals surface area contributed by atoms with E-state index in [0.717, 1.165) is 17.1 Å². The minimum Gasteiger partial charge on any atom is -0.495 e. The number of hydrogen-bond acceptors (Lipinski definition) is 7. The highest BCUT2D eigenvalue weighted by molar-refractivity contribution is 7.93. The van der Waals surface area contributed by atoms with Crippen LogP contribution in [0, 0.1) is 0 Å². The highest BCUT2D eigenvalue weighted by Crippen LogP contribution is 2.35. The number of methoxy groups -OCH3 is 2. The van der Waals surface area contributed by atoms with Gasteiger partial charge < -0.3 is 14.8 Å². The van der Waals surface area contributed by atoms with Gasteiger partial charge in [-0.05, 0) is 61.4 Å². The Balaban J connectivity index is 1.70. The van der Waals surface area contributed by atoms with Crippen molar-refractivity contribution in [3.8, 4) is 11.5 Å². The molecule has 0 unspecified atom stereocenters. The maximum atomic E-state index is 13.7. The molecule has 0 atom stereocenters. The molecule has 1 saturated heterocycles. The maximum absolute atomic E-state index is 13.7. The first-order chi connectivity index (χ1) is 18.6. The molecule has 0 spiro atoms. The van der Waals surface area contributed by atoms with Crippen molar-refractivity contribution in [2.24, 2.45) is 0 Å². The van der Waals surface area contributed by atoms with Crippen LogP contribution in [-0.2, 0) is 24.8 Å². The fraction of sp³-hybridized carbons (Fsp3) is 0.269. The number of carbonyl (C=O) groups excluding carboxylic acids is 1. The molecule has 4 rings (SSSR count). The predicted molar refractivity (Wildman–Crippen MR) is 149 cm³/mol. The summed E-state index contributed by atoms with van der Waals surface area (Å²) in [6.07, 6.45) is 1.55. The van der Waals surface area contributed by atoms with Crippen molar-refractivity contribution in [2.45, 2.75) is 22.6 Å². The number of halogens is 1. The average Bonchev–Trinajstić information content (AvgIpc) is 3.48. The van der Waals surface area contributed by atoms with E-state index in [0.29, 0.717) is 13.1 Å². The lowest BCUT2D eigenvalue weighted by Crippen LogP contribution is -2.38. The van der Waals surface area contributed by atoms with Gasteiger partial charge in [0.1, 0.15) is 18.0 Å².